The van der Waals surface area contributed by atoms with Crippen LogP contribution in [0.5, 0.6) is 0 Å². The average molecular weight is 371 g/mol. The van der Waals surface area contributed by atoms with Gasteiger partial charge in [-0.05, 0) is 51.6 Å². The molecule has 8 nitrogen and oxygen atoms in total. The van der Waals surface area contributed by atoms with Crippen LogP contribution in [0.25, 0.3) is 0 Å². The highest BCUT2D eigenvalue weighted by Gasteiger charge is 2.40. The summed E-state index contributed by atoms with van der Waals surface area (Å²) in [5, 5.41) is 8.15. The van der Waals surface area contributed by atoms with Crippen molar-refractivity contribution in [2.24, 2.45) is 5.92 Å². The number of hydrogen-bond donors (Lipinski definition) is 3. The summed E-state index contributed by atoms with van der Waals surface area (Å²) in [6.07, 6.45) is 1.29. The first kappa shape index (κ1) is 21.2. The summed E-state index contributed by atoms with van der Waals surface area (Å²) < 4.78 is 0. The monoisotopic (exact) mass is 370 g/mol. The molecule has 3 N–H and O–H groups in total. The molecule has 1 atom stereocenters. The van der Waals surface area contributed by atoms with Gasteiger partial charge in [0, 0.05) is 24.9 Å². The molecule has 25 heavy (non-hydrogen) atoms. The Morgan fingerprint density at radius 2 is 1.48 bits per heavy atom. The van der Waals surface area contributed by atoms with Gasteiger partial charge in [0.1, 0.15) is 0 Å². The van der Waals surface area contributed by atoms with E-state index in [1.807, 2.05) is 0 Å². The fraction of sp³-hybridized carbons (Fsp3) is 0.688. The predicted molar refractivity (Wildman–Crippen MR) is 98.5 cm³/mol. The largest absolute Gasteiger partial charge is 0.307 e. The zero-order chi connectivity index (χ0) is 19.4. The van der Waals surface area contributed by atoms with Crippen molar-refractivity contribution >= 4 is 35.3 Å². The molecule has 0 bridgehead atoms. The minimum Gasteiger partial charge on any atom is -0.307 e. The number of carbonyl (C=O) groups is 2. The first-order valence-corrected chi connectivity index (χ1v) is 8.44. The predicted octanol–water partition coefficient (Wildman–Crippen LogP) is 2.61. The summed E-state index contributed by atoms with van der Waals surface area (Å²) >= 11 is 5.55. The molecule has 1 fully saturated rings. The second-order valence-corrected chi connectivity index (χ2v) is 7.79. The Kier molecular flexibility index (Phi) is 6.84. The van der Waals surface area contributed by atoms with E-state index in [-0.39, 0.29) is 29.0 Å². The van der Waals surface area contributed by atoms with Gasteiger partial charge in [0.25, 0.3) is 0 Å². The zero-order valence-electron chi connectivity index (χ0n) is 15.8. The van der Waals surface area contributed by atoms with E-state index in [0.29, 0.717) is 11.1 Å². The van der Waals surface area contributed by atoms with Crippen molar-refractivity contribution in [1.82, 2.24) is 20.3 Å². The van der Waals surface area contributed by atoms with Gasteiger partial charge in [-0.15, -0.1) is 0 Å². The van der Waals surface area contributed by atoms with Gasteiger partial charge in [0.05, 0.1) is 0 Å². The molecule has 1 aliphatic rings. The Labute approximate surface area is 153 Å². The lowest BCUT2D eigenvalue weighted by molar-refractivity contribution is -0.115. The van der Waals surface area contributed by atoms with Crippen molar-refractivity contribution in [3.8, 4) is 0 Å². The molecule has 0 aromatic carbocycles. The SMILES string of the molecule is CC(=O)Nc1nc(Cl)nc(NC(C)=O)n1.CC1CC(C)(C)NC1(C)C. The molecule has 0 aliphatic carbocycles. The van der Waals surface area contributed by atoms with Gasteiger partial charge < -0.3 is 5.32 Å². The summed E-state index contributed by atoms with van der Waals surface area (Å²) in [4.78, 5) is 32.5. The number of anilines is 2. The lowest BCUT2D eigenvalue weighted by Crippen LogP contribution is -2.44. The number of nitrogens with zero attached hydrogens (tertiary/aromatic N) is 3. The van der Waals surface area contributed by atoms with Crippen LogP contribution in [0.2, 0.25) is 5.28 Å². The Balaban J connectivity index is 0.000000271. The lowest BCUT2D eigenvalue weighted by atomic mass is 9.89. The number of rotatable bonds is 2. The smallest absolute Gasteiger partial charge is 0.235 e. The Hall–Kier alpha value is -1.80. The highest BCUT2D eigenvalue weighted by atomic mass is 35.5. The van der Waals surface area contributed by atoms with Crippen LogP contribution in [-0.2, 0) is 9.59 Å². The van der Waals surface area contributed by atoms with E-state index in [9.17, 15) is 9.59 Å². The molecule has 1 aromatic heterocycles. The van der Waals surface area contributed by atoms with Crippen molar-refractivity contribution in [3.63, 3.8) is 0 Å². The van der Waals surface area contributed by atoms with Crippen LogP contribution in [0.15, 0.2) is 0 Å². The third kappa shape index (κ3) is 7.31. The van der Waals surface area contributed by atoms with Crippen LogP contribution in [0.1, 0.15) is 54.9 Å². The zero-order valence-corrected chi connectivity index (χ0v) is 16.6. The van der Waals surface area contributed by atoms with Gasteiger partial charge in [-0.25, -0.2) is 0 Å². The Morgan fingerprint density at radius 1 is 1.04 bits per heavy atom. The molecular weight excluding hydrogens is 344 g/mol. The molecule has 9 heteroatoms. The van der Waals surface area contributed by atoms with E-state index < -0.39 is 0 Å². The summed E-state index contributed by atoms with van der Waals surface area (Å²) in [6, 6.07) is 0. The lowest BCUT2D eigenvalue weighted by Gasteiger charge is -2.26. The molecule has 2 rings (SSSR count). The van der Waals surface area contributed by atoms with Gasteiger partial charge >= 0.3 is 0 Å². The standard InChI is InChI=1S/C9H19N.C7H8ClN5O2/c1-7-6-8(2,3)10-9(7,4)5;1-3(14)9-6-11-5(8)12-7(13-6)10-4(2)15/h7,10H,6H2,1-5H3;1-2H3,(H2,9,10,11,12,13,14,15). The van der Waals surface area contributed by atoms with Crippen molar-refractivity contribution in [2.45, 2.75) is 66.0 Å². The van der Waals surface area contributed by atoms with E-state index in [0.717, 1.165) is 5.92 Å². The van der Waals surface area contributed by atoms with Crippen LogP contribution in [0.3, 0.4) is 0 Å². The van der Waals surface area contributed by atoms with Gasteiger partial charge in [0.2, 0.25) is 29.0 Å². The van der Waals surface area contributed by atoms with Crippen LogP contribution in [-0.4, -0.2) is 37.8 Å². The summed E-state index contributed by atoms with van der Waals surface area (Å²) in [6.45, 7) is 14.0. The van der Waals surface area contributed by atoms with E-state index in [1.165, 1.54) is 20.3 Å². The van der Waals surface area contributed by atoms with Crippen molar-refractivity contribution in [2.75, 3.05) is 10.6 Å². The molecular formula is C16H27ClN6O2. The molecule has 0 spiro atoms. The highest BCUT2D eigenvalue weighted by Crippen LogP contribution is 2.34. The third-order valence-corrected chi connectivity index (χ3v) is 4.06. The van der Waals surface area contributed by atoms with E-state index in [1.54, 1.807) is 0 Å². The number of hydrogen-bond acceptors (Lipinski definition) is 6. The number of carbonyl (C=O) groups excluding carboxylic acids is 2. The Morgan fingerprint density at radius 3 is 1.72 bits per heavy atom. The van der Waals surface area contributed by atoms with Crippen LogP contribution < -0.4 is 16.0 Å². The number of amides is 2. The van der Waals surface area contributed by atoms with E-state index >= 15 is 0 Å². The second kappa shape index (κ2) is 8.05. The highest BCUT2D eigenvalue weighted by molar-refractivity contribution is 6.28. The van der Waals surface area contributed by atoms with Crippen molar-refractivity contribution < 1.29 is 9.59 Å². The molecule has 140 valence electrons. The molecule has 1 aromatic rings. The fourth-order valence-corrected chi connectivity index (χ4v) is 3.00. The quantitative estimate of drug-likeness (QED) is 0.738. The van der Waals surface area contributed by atoms with E-state index in [2.05, 4.69) is 65.5 Å². The molecule has 2 amide bonds. The number of halogens is 1. The van der Waals surface area contributed by atoms with E-state index in [4.69, 9.17) is 11.6 Å². The van der Waals surface area contributed by atoms with Crippen molar-refractivity contribution in [3.05, 3.63) is 5.28 Å². The Bertz CT molecular complexity index is 613. The third-order valence-electron chi connectivity index (χ3n) is 3.89. The normalized spacial score (nSPS) is 20.2. The van der Waals surface area contributed by atoms with Crippen LogP contribution in [0, 0.1) is 5.92 Å². The summed E-state index contributed by atoms with van der Waals surface area (Å²) in [5.41, 5.74) is 0.687. The number of nitrogens with one attached hydrogen (secondary N) is 3. The summed E-state index contributed by atoms with van der Waals surface area (Å²) in [5.74, 6) is 0.0945. The molecule has 1 saturated heterocycles. The van der Waals surface area contributed by atoms with Gasteiger partial charge in [-0.2, -0.15) is 15.0 Å². The summed E-state index contributed by atoms with van der Waals surface area (Å²) in [7, 11) is 0. The molecule has 1 unspecified atom stereocenters. The van der Waals surface area contributed by atoms with Gasteiger partial charge in [-0.3, -0.25) is 20.2 Å². The minimum atomic E-state index is -0.342. The molecule has 0 radical (unpaired) electrons. The maximum atomic E-state index is 10.7. The first-order chi connectivity index (χ1) is 11.3. The molecule has 1 aliphatic heterocycles. The van der Waals surface area contributed by atoms with Crippen LogP contribution in [0.4, 0.5) is 11.9 Å². The van der Waals surface area contributed by atoms with Crippen molar-refractivity contribution in [1.29, 1.82) is 0 Å². The number of aromatic nitrogens is 3. The fourth-order valence-electron chi connectivity index (χ4n) is 2.84. The molecule has 2 heterocycles. The maximum absolute atomic E-state index is 10.7. The molecule has 0 saturated carbocycles. The first-order valence-electron chi connectivity index (χ1n) is 8.07. The van der Waals surface area contributed by atoms with Gasteiger partial charge in [0.15, 0.2) is 0 Å². The minimum absolute atomic E-state index is 0.00810. The average Bonchev–Trinajstić information content (AvgIpc) is 2.53. The topological polar surface area (TPSA) is 109 Å². The van der Waals surface area contributed by atoms with Crippen LogP contribution >= 0.6 is 11.6 Å². The second-order valence-electron chi connectivity index (χ2n) is 7.45. The van der Waals surface area contributed by atoms with Gasteiger partial charge in [-0.1, -0.05) is 6.92 Å². The maximum Gasteiger partial charge on any atom is 0.235 e.